The first kappa shape index (κ1) is 17.3. The molecule has 0 unspecified atom stereocenters. The fourth-order valence-corrected chi connectivity index (χ4v) is 6.22. The van der Waals surface area contributed by atoms with Gasteiger partial charge in [-0.25, -0.2) is 8.42 Å². The molecule has 1 saturated heterocycles. The second-order valence-corrected chi connectivity index (χ2v) is 11.0. The number of hydrogen-bond acceptors (Lipinski definition) is 6. The molecule has 2 saturated carbocycles. The molecule has 3 fully saturated rings. The molecule has 1 aromatic rings. The van der Waals surface area contributed by atoms with Gasteiger partial charge in [0.1, 0.15) is 5.82 Å². The number of carbonyl (C=O) groups excluding carboxylic acids is 1. The smallest absolute Gasteiger partial charge is 0.235 e. The number of aromatic nitrogens is 3. The predicted molar refractivity (Wildman–Crippen MR) is 95.4 cm³/mol. The van der Waals surface area contributed by atoms with Crippen LogP contribution in [0.15, 0.2) is 5.16 Å². The zero-order valence-electron chi connectivity index (χ0n) is 14.6. The van der Waals surface area contributed by atoms with Crippen molar-refractivity contribution in [3.63, 3.8) is 0 Å². The Labute approximate surface area is 152 Å². The van der Waals surface area contributed by atoms with Gasteiger partial charge >= 0.3 is 0 Å². The standard InChI is InChI=1S/C16H24N4O3S2/c1-10(15(21)19(2)13-7-8-25(22,23)9-13)24-16-18-17-14(11-3-4-11)20(16)12-5-6-12/h10-13H,3-9H2,1-2H3/t10-,13-/m1/s1. The molecular formula is C16H24N4O3S2. The normalized spacial score (nSPS) is 26.6. The van der Waals surface area contributed by atoms with E-state index in [2.05, 4.69) is 14.8 Å². The lowest BCUT2D eigenvalue weighted by atomic mass is 10.2. The summed E-state index contributed by atoms with van der Waals surface area (Å²) in [6, 6.07) is 0.289. The molecule has 0 radical (unpaired) electrons. The first-order chi connectivity index (χ1) is 11.9. The number of sulfone groups is 1. The van der Waals surface area contributed by atoms with Crippen molar-refractivity contribution in [1.29, 1.82) is 0 Å². The summed E-state index contributed by atoms with van der Waals surface area (Å²) >= 11 is 1.45. The summed E-state index contributed by atoms with van der Waals surface area (Å²) in [5.74, 6) is 1.85. The molecule has 3 aliphatic rings. The highest BCUT2D eigenvalue weighted by molar-refractivity contribution is 8.00. The first-order valence-electron chi connectivity index (χ1n) is 8.94. The van der Waals surface area contributed by atoms with Crippen LogP contribution in [0.4, 0.5) is 0 Å². The third-order valence-corrected chi connectivity index (χ3v) is 8.07. The lowest BCUT2D eigenvalue weighted by molar-refractivity contribution is -0.130. The van der Waals surface area contributed by atoms with E-state index in [1.54, 1.807) is 11.9 Å². The van der Waals surface area contributed by atoms with Gasteiger partial charge in [-0.3, -0.25) is 4.79 Å². The lowest BCUT2D eigenvalue weighted by Crippen LogP contribution is -2.41. The summed E-state index contributed by atoms with van der Waals surface area (Å²) in [5.41, 5.74) is 0. The Hall–Kier alpha value is -1.09. The van der Waals surface area contributed by atoms with Gasteiger partial charge in [-0.2, -0.15) is 0 Å². The summed E-state index contributed by atoms with van der Waals surface area (Å²) in [6.45, 7) is 1.87. The van der Waals surface area contributed by atoms with E-state index < -0.39 is 9.84 Å². The van der Waals surface area contributed by atoms with E-state index in [9.17, 15) is 13.2 Å². The van der Waals surface area contributed by atoms with Crippen molar-refractivity contribution in [3.05, 3.63) is 5.82 Å². The summed E-state index contributed by atoms with van der Waals surface area (Å²) in [7, 11) is -1.28. The van der Waals surface area contributed by atoms with Crippen molar-refractivity contribution in [2.45, 2.75) is 67.4 Å². The molecule has 0 spiro atoms. The van der Waals surface area contributed by atoms with Crippen molar-refractivity contribution in [1.82, 2.24) is 19.7 Å². The van der Waals surface area contributed by atoms with Crippen molar-refractivity contribution in [2.75, 3.05) is 18.6 Å². The maximum atomic E-state index is 12.7. The van der Waals surface area contributed by atoms with Crippen LogP contribution in [0.2, 0.25) is 0 Å². The second-order valence-electron chi connectivity index (χ2n) is 7.48. The molecule has 1 aromatic heterocycles. The summed E-state index contributed by atoms with van der Waals surface area (Å²) < 4.78 is 25.6. The summed E-state index contributed by atoms with van der Waals surface area (Å²) in [6.07, 6.45) is 5.22. The highest BCUT2D eigenvalue weighted by Crippen LogP contribution is 2.46. The summed E-state index contributed by atoms with van der Waals surface area (Å²) in [4.78, 5) is 14.4. The maximum Gasteiger partial charge on any atom is 0.235 e. The Morgan fingerprint density at radius 3 is 2.52 bits per heavy atom. The van der Waals surface area contributed by atoms with Crippen LogP contribution in [0.3, 0.4) is 0 Å². The van der Waals surface area contributed by atoms with Gasteiger partial charge in [0, 0.05) is 25.0 Å². The highest BCUT2D eigenvalue weighted by Gasteiger charge is 2.38. The van der Waals surface area contributed by atoms with Crippen LogP contribution in [0.5, 0.6) is 0 Å². The van der Waals surface area contributed by atoms with E-state index >= 15 is 0 Å². The van der Waals surface area contributed by atoms with Gasteiger partial charge in [0.05, 0.1) is 16.8 Å². The van der Waals surface area contributed by atoms with Gasteiger partial charge in [-0.05, 0) is 39.0 Å². The number of carbonyl (C=O) groups is 1. The zero-order valence-corrected chi connectivity index (χ0v) is 16.2. The van der Waals surface area contributed by atoms with Crippen LogP contribution >= 0.6 is 11.8 Å². The van der Waals surface area contributed by atoms with E-state index in [1.807, 2.05) is 6.92 Å². The van der Waals surface area contributed by atoms with Crippen LogP contribution in [0.1, 0.15) is 56.8 Å². The molecule has 1 aliphatic heterocycles. The minimum absolute atomic E-state index is 0.0366. The van der Waals surface area contributed by atoms with E-state index in [-0.39, 0.29) is 28.7 Å². The molecule has 138 valence electrons. The third kappa shape index (κ3) is 3.58. The Morgan fingerprint density at radius 1 is 1.24 bits per heavy atom. The van der Waals surface area contributed by atoms with E-state index in [4.69, 9.17) is 0 Å². The molecule has 2 atom stereocenters. The average molecular weight is 385 g/mol. The molecule has 2 aliphatic carbocycles. The largest absolute Gasteiger partial charge is 0.341 e. The molecule has 7 nitrogen and oxygen atoms in total. The fraction of sp³-hybridized carbons (Fsp3) is 0.812. The van der Waals surface area contributed by atoms with Crippen LogP contribution in [-0.4, -0.2) is 63.8 Å². The van der Waals surface area contributed by atoms with Gasteiger partial charge in [-0.1, -0.05) is 11.8 Å². The Morgan fingerprint density at radius 2 is 1.96 bits per heavy atom. The molecule has 25 heavy (non-hydrogen) atoms. The van der Waals surface area contributed by atoms with Crippen molar-refractivity contribution in [2.24, 2.45) is 0 Å². The topological polar surface area (TPSA) is 85.2 Å². The fourth-order valence-electron chi connectivity index (χ4n) is 3.42. The Bertz CT molecular complexity index is 783. The molecule has 0 aromatic carbocycles. The molecule has 4 rings (SSSR count). The number of amides is 1. The molecule has 1 amide bonds. The Balaban J connectivity index is 1.45. The van der Waals surface area contributed by atoms with Crippen molar-refractivity contribution < 1.29 is 13.2 Å². The molecular weight excluding hydrogens is 360 g/mol. The zero-order chi connectivity index (χ0) is 17.8. The Kier molecular flexibility index (Phi) is 4.34. The monoisotopic (exact) mass is 384 g/mol. The minimum atomic E-state index is -2.99. The van der Waals surface area contributed by atoms with E-state index in [0.717, 1.165) is 23.8 Å². The highest BCUT2D eigenvalue weighted by atomic mass is 32.2. The van der Waals surface area contributed by atoms with Crippen LogP contribution in [0.25, 0.3) is 0 Å². The minimum Gasteiger partial charge on any atom is -0.341 e. The number of thioether (sulfide) groups is 1. The van der Waals surface area contributed by atoms with E-state index in [1.165, 1.54) is 24.6 Å². The van der Waals surface area contributed by atoms with Crippen LogP contribution < -0.4 is 0 Å². The average Bonchev–Trinajstić information content (AvgIpc) is 3.49. The summed E-state index contributed by atoms with van der Waals surface area (Å²) in [5, 5.41) is 9.26. The molecule has 0 N–H and O–H groups in total. The predicted octanol–water partition coefficient (Wildman–Crippen LogP) is 1.62. The molecule has 2 heterocycles. The molecule has 0 bridgehead atoms. The van der Waals surface area contributed by atoms with Crippen molar-refractivity contribution >= 4 is 27.5 Å². The number of nitrogens with zero attached hydrogens (tertiary/aromatic N) is 4. The van der Waals surface area contributed by atoms with Crippen LogP contribution in [0, 0.1) is 0 Å². The maximum absolute atomic E-state index is 12.7. The van der Waals surface area contributed by atoms with Gasteiger partial charge < -0.3 is 9.47 Å². The second kappa shape index (κ2) is 6.26. The quantitative estimate of drug-likeness (QED) is 0.693. The SMILES string of the molecule is C[C@@H](Sc1nnc(C2CC2)n1C1CC1)C(=O)N(C)[C@@H]1CCS(=O)(=O)C1. The van der Waals surface area contributed by atoms with Gasteiger partial charge in [0.15, 0.2) is 15.0 Å². The van der Waals surface area contributed by atoms with Gasteiger partial charge in [0.25, 0.3) is 0 Å². The number of hydrogen-bond donors (Lipinski definition) is 0. The van der Waals surface area contributed by atoms with Gasteiger partial charge in [-0.15, -0.1) is 10.2 Å². The first-order valence-corrected chi connectivity index (χ1v) is 11.6. The van der Waals surface area contributed by atoms with E-state index in [0.29, 0.717) is 18.4 Å². The number of rotatable bonds is 6. The molecule has 9 heteroatoms. The van der Waals surface area contributed by atoms with Crippen molar-refractivity contribution in [3.8, 4) is 0 Å². The third-order valence-electron chi connectivity index (χ3n) is 5.28. The van der Waals surface area contributed by atoms with Crippen LogP contribution in [-0.2, 0) is 14.6 Å². The lowest BCUT2D eigenvalue weighted by Gasteiger charge is -2.26. The van der Waals surface area contributed by atoms with Gasteiger partial charge in [0.2, 0.25) is 5.91 Å².